The highest BCUT2D eigenvalue weighted by Gasteiger charge is 2.30. The van der Waals surface area contributed by atoms with Gasteiger partial charge in [0.15, 0.2) is 0 Å². The predicted octanol–water partition coefficient (Wildman–Crippen LogP) is 4.24. The Kier molecular flexibility index (Phi) is 3.24. The summed E-state index contributed by atoms with van der Waals surface area (Å²) in [7, 11) is 0. The molecule has 4 heteroatoms. The van der Waals surface area contributed by atoms with Crippen LogP contribution in [0.2, 0.25) is 0 Å². The minimum Gasteiger partial charge on any atom is -0.464 e. The fraction of sp³-hybridized carbons (Fsp3) is 0.353. The van der Waals surface area contributed by atoms with Gasteiger partial charge in [-0.1, -0.05) is 12.1 Å². The highest BCUT2D eigenvalue weighted by atomic mass is 16.6. The summed E-state index contributed by atoms with van der Waals surface area (Å²) in [6.07, 6.45) is 2.18. The molecule has 110 valence electrons. The lowest BCUT2D eigenvalue weighted by molar-refractivity contribution is 0.0584. The molecule has 0 fully saturated rings. The van der Waals surface area contributed by atoms with E-state index in [1.54, 1.807) is 11.2 Å². The molecule has 1 aliphatic rings. The summed E-state index contributed by atoms with van der Waals surface area (Å²) in [6, 6.07) is 9.73. The molecule has 0 spiro atoms. The molecule has 2 aromatic rings. The van der Waals surface area contributed by atoms with Crippen LogP contribution in [-0.2, 0) is 11.2 Å². The van der Waals surface area contributed by atoms with Crippen LogP contribution >= 0.6 is 0 Å². The minimum absolute atomic E-state index is 0.294. The summed E-state index contributed by atoms with van der Waals surface area (Å²) in [5.74, 6) is 0.831. The van der Waals surface area contributed by atoms with E-state index in [0.29, 0.717) is 6.54 Å². The molecule has 0 atom stereocenters. The molecule has 0 bridgehead atoms. The lowest BCUT2D eigenvalue weighted by Gasteiger charge is -2.24. The standard InChI is InChI=1S/C17H19NO3/c1-17(2,3)21-16(19)18-10-9-12-13(6-4-7-14(12)18)15-8-5-11-20-15/h4-8,11H,9-10H2,1-3H3. The maximum atomic E-state index is 12.3. The molecule has 3 rings (SSSR count). The first-order valence-electron chi connectivity index (χ1n) is 7.12. The Morgan fingerprint density at radius 3 is 2.71 bits per heavy atom. The van der Waals surface area contributed by atoms with Crippen LogP contribution in [0, 0.1) is 0 Å². The average Bonchev–Trinajstić information content (AvgIpc) is 3.05. The minimum atomic E-state index is -0.488. The van der Waals surface area contributed by atoms with Gasteiger partial charge in [0.1, 0.15) is 11.4 Å². The molecule has 2 heterocycles. The Labute approximate surface area is 124 Å². The van der Waals surface area contributed by atoms with Gasteiger partial charge in [-0.2, -0.15) is 0 Å². The largest absolute Gasteiger partial charge is 0.464 e. The Morgan fingerprint density at radius 2 is 2.05 bits per heavy atom. The van der Waals surface area contributed by atoms with Gasteiger partial charge in [0.2, 0.25) is 0 Å². The average molecular weight is 285 g/mol. The van der Waals surface area contributed by atoms with Crippen molar-refractivity contribution < 1.29 is 13.9 Å². The van der Waals surface area contributed by atoms with Gasteiger partial charge in [0.05, 0.1) is 12.0 Å². The maximum Gasteiger partial charge on any atom is 0.414 e. The van der Waals surface area contributed by atoms with Gasteiger partial charge in [-0.3, -0.25) is 4.90 Å². The lowest BCUT2D eigenvalue weighted by atomic mass is 10.0. The number of furan rings is 1. The molecule has 0 saturated heterocycles. The quantitative estimate of drug-likeness (QED) is 0.787. The van der Waals surface area contributed by atoms with E-state index in [1.165, 1.54) is 0 Å². The van der Waals surface area contributed by atoms with Gasteiger partial charge >= 0.3 is 6.09 Å². The monoisotopic (exact) mass is 285 g/mol. The number of amides is 1. The first-order valence-corrected chi connectivity index (χ1v) is 7.12. The fourth-order valence-electron chi connectivity index (χ4n) is 2.60. The number of fused-ring (bicyclic) bond motifs is 1. The van der Waals surface area contributed by atoms with Gasteiger partial charge in [0.25, 0.3) is 0 Å². The second-order valence-corrected chi connectivity index (χ2v) is 6.16. The zero-order valence-corrected chi connectivity index (χ0v) is 12.6. The molecule has 1 aromatic heterocycles. The van der Waals surface area contributed by atoms with Crippen LogP contribution < -0.4 is 4.90 Å². The van der Waals surface area contributed by atoms with E-state index in [1.807, 2.05) is 51.1 Å². The molecule has 0 radical (unpaired) electrons. The van der Waals surface area contributed by atoms with Crippen molar-refractivity contribution in [2.75, 3.05) is 11.4 Å². The summed E-state index contributed by atoms with van der Waals surface area (Å²) < 4.78 is 11.0. The molecule has 0 N–H and O–H groups in total. The van der Waals surface area contributed by atoms with Crippen LogP contribution in [0.5, 0.6) is 0 Å². The van der Waals surface area contributed by atoms with Crippen LogP contribution in [0.25, 0.3) is 11.3 Å². The van der Waals surface area contributed by atoms with Gasteiger partial charge < -0.3 is 9.15 Å². The molecule has 21 heavy (non-hydrogen) atoms. The number of benzene rings is 1. The second-order valence-electron chi connectivity index (χ2n) is 6.16. The topological polar surface area (TPSA) is 42.7 Å². The van der Waals surface area contributed by atoms with E-state index in [0.717, 1.165) is 29.0 Å². The van der Waals surface area contributed by atoms with Gasteiger partial charge in [-0.25, -0.2) is 4.79 Å². The highest BCUT2D eigenvalue weighted by Crippen LogP contribution is 2.36. The number of hydrogen-bond acceptors (Lipinski definition) is 3. The third kappa shape index (κ3) is 2.66. The van der Waals surface area contributed by atoms with Crippen molar-refractivity contribution in [2.45, 2.75) is 32.8 Å². The molecule has 4 nitrogen and oxygen atoms in total. The van der Waals surface area contributed by atoms with Gasteiger partial charge in [-0.05, 0) is 51.0 Å². The smallest absolute Gasteiger partial charge is 0.414 e. The lowest BCUT2D eigenvalue weighted by Crippen LogP contribution is -2.35. The third-order valence-electron chi connectivity index (χ3n) is 3.43. The van der Waals surface area contributed by atoms with Crippen molar-refractivity contribution in [2.24, 2.45) is 0 Å². The van der Waals surface area contributed by atoms with Crippen molar-refractivity contribution in [1.29, 1.82) is 0 Å². The summed E-state index contributed by atoms with van der Waals surface area (Å²) in [4.78, 5) is 14.0. The second kappa shape index (κ2) is 4.95. The predicted molar refractivity (Wildman–Crippen MR) is 81.4 cm³/mol. The number of nitrogens with zero attached hydrogens (tertiary/aromatic N) is 1. The van der Waals surface area contributed by atoms with Crippen molar-refractivity contribution in [3.8, 4) is 11.3 Å². The van der Waals surface area contributed by atoms with E-state index in [-0.39, 0.29) is 6.09 Å². The zero-order chi connectivity index (χ0) is 15.0. The Morgan fingerprint density at radius 1 is 1.24 bits per heavy atom. The van der Waals surface area contributed by atoms with Crippen LogP contribution in [-0.4, -0.2) is 18.2 Å². The molecule has 0 unspecified atom stereocenters. The number of ether oxygens (including phenoxy) is 1. The number of rotatable bonds is 1. The van der Waals surface area contributed by atoms with E-state index in [9.17, 15) is 4.79 Å². The molecule has 1 aliphatic heterocycles. The number of carbonyl (C=O) groups is 1. The molecule has 0 saturated carbocycles. The Bertz CT molecular complexity index is 653. The molecular formula is C17H19NO3. The summed E-state index contributed by atoms with van der Waals surface area (Å²) in [6.45, 7) is 6.27. The third-order valence-corrected chi connectivity index (χ3v) is 3.43. The van der Waals surface area contributed by atoms with E-state index in [2.05, 4.69) is 0 Å². The zero-order valence-electron chi connectivity index (χ0n) is 12.6. The molecule has 0 aliphatic carbocycles. The number of hydrogen-bond donors (Lipinski definition) is 0. The summed E-state index contributed by atoms with van der Waals surface area (Å²) >= 11 is 0. The van der Waals surface area contributed by atoms with E-state index < -0.39 is 5.60 Å². The SMILES string of the molecule is CC(C)(C)OC(=O)N1CCc2c(-c3ccco3)cccc21. The van der Waals surface area contributed by atoms with Crippen LogP contribution in [0.15, 0.2) is 41.0 Å². The number of anilines is 1. The molecule has 1 amide bonds. The Balaban J connectivity index is 1.93. The van der Waals surface area contributed by atoms with Crippen LogP contribution in [0.3, 0.4) is 0 Å². The van der Waals surface area contributed by atoms with Crippen molar-refractivity contribution in [3.63, 3.8) is 0 Å². The Hall–Kier alpha value is -2.23. The highest BCUT2D eigenvalue weighted by molar-refractivity contribution is 5.92. The van der Waals surface area contributed by atoms with Crippen LogP contribution in [0.4, 0.5) is 10.5 Å². The molecule has 1 aromatic carbocycles. The van der Waals surface area contributed by atoms with Crippen molar-refractivity contribution in [1.82, 2.24) is 0 Å². The summed E-state index contributed by atoms with van der Waals surface area (Å²) in [5.41, 5.74) is 2.61. The molecular weight excluding hydrogens is 266 g/mol. The normalized spacial score (nSPS) is 14.1. The van der Waals surface area contributed by atoms with Crippen molar-refractivity contribution in [3.05, 3.63) is 42.2 Å². The van der Waals surface area contributed by atoms with Crippen molar-refractivity contribution >= 4 is 11.8 Å². The maximum absolute atomic E-state index is 12.3. The first-order chi connectivity index (χ1) is 9.96. The van der Waals surface area contributed by atoms with Crippen LogP contribution in [0.1, 0.15) is 26.3 Å². The number of carbonyl (C=O) groups excluding carboxylic acids is 1. The summed E-state index contributed by atoms with van der Waals surface area (Å²) in [5, 5.41) is 0. The van der Waals surface area contributed by atoms with Gasteiger partial charge in [0, 0.05) is 12.1 Å². The van der Waals surface area contributed by atoms with E-state index in [4.69, 9.17) is 9.15 Å². The van der Waals surface area contributed by atoms with E-state index >= 15 is 0 Å². The first kappa shape index (κ1) is 13.7. The van der Waals surface area contributed by atoms with Gasteiger partial charge in [-0.15, -0.1) is 0 Å². The fourth-order valence-corrected chi connectivity index (χ4v) is 2.60.